The van der Waals surface area contributed by atoms with Crippen LogP contribution >= 0.6 is 0 Å². The molecule has 2 rings (SSSR count). The number of carbonyl (C=O) groups excluding carboxylic acids is 2. The van der Waals surface area contributed by atoms with Gasteiger partial charge in [-0.3, -0.25) is 4.79 Å². The van der Waals surface area contributed by atoms with E-state index in [-0.39, 0.29) is 5.91 Å². The molecule has 1 aliphatic rings. The fraction of sp³-hybridized carbons (Fsp3) is 0.529. The molecule has 1 saturated heterocycles. The number of hydrogen-bond acceptors (Lipinski definition) is 4. The second kappa shape index (κ2) is 7.40. The number of aryl methyl sites for hydroxylation is 2. The van der Waals surface area contributed by atoms with Gasteiger partial charge in [0.1, 0.15) is 12.1 Å². The summed E-state index contributed by atoms with van der Waals surface area (Å²) in [4.78, 5) is 24.1. The van der Waals surface area contributed by atoms with E-state index in [1.165, 1.54) is 12.7 Å². The van der Waals surface area contributed by atoms with Crippen molar-refractivity contribution in [2.24, 2.45) is 0 Å². The van der Waals surface area contributed by atoms with Crippen molar-refractivity contribution in [2.75, 3.05) is 13.7 Å². The zero-order valence-corrected chi connectivity index (χ0v) is 13.3. The van der Waals surface area contributed by atoms with E-state index in [2.05, 4.69) is 5.32 Å². The molecular formula is C17H23NO4. The minimum absolute atomic E-state index is 0.239. The lowest BCUT2D eigenvalue weighted by Crippen LogP contribution is -2.47. The fourth-order valence-electron chi connectivity index (χ4n) is 2.55. The fourth-order valence-corrected chi connectivity index (χ4v) is 2.55. The van der Waals surface area contributed by atoms with E-state index in [1.54, 1.807) is 0 Å². The Bertz CT molecular complexity index is 550. The average molecular weight is 305 g/mol. The lowest BCUT2D eigenvalue weighted by Gasteiger charge is -2.19. The molecule has 120 valence electrons. The second-order valence-electron chi connectivity index (χ2n) is 5.71. The molecule has 5 heteroatoms. The van der Waals surface area contributed by atoms with Crippen LogP contribution in [0.1, 0.15) is 29.5 Å². The van der Waals surface area contributed by atoms with E-state index in [0.29, 0.717) is 19.4 Å². The van der Waals surface area contributed by atoms with E-state index in [9.17, 15) is 9.59 Å². The summed E-state index contributed by atoms with van der Waals surface area (Å²) in [6.45, 7) is 4.66. The van der Waals surface area contributed by atoms with E-state index in [0.717, 1.165) is 17.5 Å². The van der Waals surface area contributed by atoms with Crippen LogP contribution in [0.5, 0.6) is 0 Å². The molecule has 1 heterocycles. The zero-order valence-electron chi connectivity index (χ0n) is 13.3. The first-order valence-electron chi connectivity index (χ1n) is 7.57. The van der Waals surface area contributed by atoms with Gasteiger partial charge >= 0.3 is 5.97 Å². The molecule has 0 spiro atoms. The summed E-state index contributed by atoms with van der Waals surface area (Å²) >= 11 is 0. The smallest absolute Gasteiger partial charge is 0.328 e. The largest absolute Gasteiger partial charge is 0.467 e. The summed E-state index contributed by atoms with van der Waals surface area (Å²) in [5, 5.41) is 2.75. The number of nitrogens with one attached hydrogen (secondary N) is 1. The first-order chi connectivity index (χ1) is 10.5. The maximum atomic E-state index is 12.1. The van der Waals surface area contributed by atoms with Gasteiger partial charge in [-0.15, -0.1) is 0 Å². The summed E-state index contributed by atoms with van der Waals surface area (Å²) in [5.41, 5.74) is 3.35. The third kappa shape index (κ3) is 4.07. The molecule has 1 aromatic rings. The second-order valence-corrected chi connectivity index (χ2v) is 5.71. The summed E-state index contributed by atoms with van der Waals surface area (Å²) in [6, 6.07) is 5.32. The number of esters is 1. The van der Waals surface area contributed by atoms with Crippen molar-refractivity contribution >= 4 is 11.9 Å². The number of hydrogen-bond donors (Lipinski definition) is 1. The first kappa shape index (κ1) is 16.5. The predicted molar refractivity (Wildman–Crippen MR) is 82.5 cm³/mol. The molecule has 0 saturated carbocycles. The Labute approximate surface area is 131 Å². The number of benzene rings is 1. The summed E-state index contributed by atoms with van der Waals surface area (Å²) < 4.78 is 10.2. The molecular weight excluding hydrogens is 282 g/mol. The highest BCUT2D eigenvalue weighted by molar-refractivity contribution is 5.87. The third-order valence-corrected chi connectivity index (χ3v) is 4.04. The van der Waals surface area contributed by atoms with E-state index in [1.807, 2.05) is 32.0 Å². The Balaban J connectivity index is 2.06. The van der Waals surface area contributed by atoms with Gasteiger partial charge in [0.15, 0.2) is 0 Å². The molecule has 1 N–H and O–H groups in total. The van der Waals surface area contributed by atoms with Crippen molar-refractivity contribution in [3.63, 3.8) is 0 Å². The van der Waals surface area contributed by atoms with Crippen molar-refractivity contribution in [2.45, 2.75) is 45.3 Å². The maximum absolute atomic E-state index is 12.1. The van der Waals surface area contributed by atoms with Crippen LogP contribution in [-0.2, 0) is 25.5 Å². The van der Waals surface area contributed by atoms with Crippen LogP contribution in [0.25, 0.3) is 0 Å². The van der Waals surface area contributed by atoms with Gasteiger partial charge in [0, 0.05) is 13.0 Å². The number of ether oxygens (including phenoxy) is 2. The molecule has 1 aromatic carbocycles. The highest BCUT2D eigenvalue weighted by Crippen LogP contribution is 2.14. The van der Waals surface area contributed by atoms with Crippen LogP contribution in [0.2, 0.25) is 0 Å². The van der Waals surface area contributed by atoms with Gasteiger partial charge in [0.25, 0.3) is 0 Å². The molecule has 0 unspecified atom stereocenters. The number of rotatable bonds is 5. The Morgan fingerprint density at radius 3 is 2.73 bits per heavy atom. The minimum Gasteiger partial charge on any atom is -0.467 e. The summed E-state index contributed by atoms with van der Waals surface area (Å²) in [5.74, 6) is -0.679. The molecule has 2 atom stereocenters. The van der Waals surface area contributed by atoms with Crippen LogP contribution in [0, 0.1) is 13.8 Å². The van der Waals surface area contributed by atoms with E-state index in [4.69, 9.17) is 9.47 Å². The third-order valence-electron chi connectivity index (χ3n) is 4.04. The molecule has 5 nitrogen and oxygen atoms in total. The van der Waals surface area contributed by atoms with Gasteiger partial charge in [0.2, 0.25) is 5.91 Å². The monoisotopic (exact) mass is 305 g/mol. The molecule has 0 aromatic heterocycles. The van der Waals surface area contributed by atoms with E-state index >= 15 is 0 Å². The van der Waals surface area contributed by atoms with Crippen LogP contribution < -0.4 is 5.32 Å². The highest BCUT2D eigenvalue weighted by Gasteiger charge is 2.29. The van der Waals surface area contributed by atoms with E-state index < -0.39 is 18.1 Å². The maximum Gasteiger partial charge on any atom is 0.328 e. The lowest BCUT2D eigenvalue weighted by atomic mass is 10.0. The van der Waals surface area contributed by atoms with Crippen molar-refractivity contribution in [1.82, 2.24) is 5.32 Å². The van der Waals surface area contributed by atoms with Crippen LogP contribution in [-0.4, -0.2) is 37.7 Å². The molecule has 1 aliphatic heterocycles. The summed E-state index contributed by atoms with van der Waals surface area (Å²) in [6.07, 6.45) is 1.53. The SMILES string of the molecule is COC(=O)[C@@H](Cc1ccc(C)c(C)c1)NC(=O)[C@@H]1CCCO1. The standard InChI is InChI=1S/C17H23NO4/c1-11-6-7-13(9-12(11)2)10-14(17(20)21-3)18-16(19)15-5-4-8-22-15/h6-7,9,14-15H,4-5,8,10H2,1-3H3,(H,18,19)/t14-,15+/m1/s1. The molecule has 0 radical (unpaired) electrons. The average Bonchev–Trinajstić information content (AvgIpc) is 3.03. The van der Waals surface area contributed by atoms with Crippen molar-refractivity contribution in [1.29, 1.82) is 0 Å². The minimum atomic E-state index is -0.691. The Hall–Kier alpha value is -1.88. The number of carbonyl (C=O) groups is 2. The van der Waals surface area contributed by atoms with Gasteiger partial charge in [-0.1, -0.05) is 18.2 Å². The van der Waals surface area contributed by atoms with Gasteiger partial charge in [-0.2, -0.15) is 0 Å². The number of amides is 1. The quantitative estimate of drug-likeness (QED) is 0.841. The van der Waals surface area contributed by atoms with Gasteiger partial charge in [-0.05, 0) is 43.4 Å². The molecule has 1 fully saturated rings. The van der Waals surface area contributed by atoms with Gasteiger partial charge < -0.3 is 14.8 Å². The Kier molecular flexibility index (Phi) is 5.55. The number of methoxy groups -OCH3 is 1. The topological polar surface area (TPSA) is 64.6 Å². The summed E-state index contributed by atoms with van der Waals surface area (Å²) in [7, 11) is 1.33. The van der Waals surface area contributed by atoms with Crippen LogP contribution in [0.4, 0.5) is 0 Å². The lowest BCUT2D eigenvalue weighted by molar-refractivity contribution is -0.146. The Morgan fingerprint density at radius 2 is 2.14 bits per heavy atom. The zero-order chi connectivity index (χ0) is 16.1. The molecule has 0 bridgehead atoms. The molecule has 22 heavy (non-hydrogen) atoms. The van der Waals surface area contributed by atoms with Crippen LogP contribution in [0.3, 0.4) is 0 Å². The van der Waals surface area contributed by atoms with Crippen LogP contribution in [0.15, 0.2) is 18.2 Å². The van der Waals surface area contributed by atoms with Crippen molar-refractivity contribution < 1.29 is 19.1 Å². The predicted octanol–water partition coefficient (Wildman–Crippen LogP) is 1.68. The van der Waals surface area contributed by atoms with Crippen molar-refractivity contribution in [3.05, 3.63) is 34.9 Å². The molecule has 1 amide bonds. The molecule has 0 aliphatic carbocycles. The first-order valence-corrected chi connectivity index (χ1v) is 7.57. The highest BCUT2D eigenvalue weighted by atomic mass is 16.5. The van der Waals surface area contributed by atoms with Gasteiger partial charge in [-0.25, -0.2) is 4.79 Å². The van der Waals surface area contributed by atoms with Gasteiger partial charge in [0.05, 0.1) is 7.11 Å². The Morgan fingerprint density at radius 1 is 1.36 bits per heavy atom. The normalized spacial score (nSPS) is 18.8. The van der Waals surface area contributed by atoms with Crippen molar-refractivity contribution in [3.8, 4) is 0 Å².